The Morgan fingerprint density at radius 1 is 1.04 bits per heavy atom. The molecule has 0 aliphatic rings. The van der Waals surface area contributed by atoms with Gasteiger partial charge in [-0.15, -0.1) is 10.2 Å². The van der Waals surface area contributed by atoms with Gasteiger partial charge in [-0.3, -0.25) is 0 Å². The molecule has 0 aliphatic carbocycles. The number of nitrogens with two attached hydrogens (primary N) is 1. The minimum Gasteiger partial charge on any atom is -0.491 e. The smallest absolute Gasteiger partial charge is 0.178 e. The average molecular weight is 309 g/mol. The van der Waals surface area contributed by atoms with Crippen LogP contribution in [0.4, 0.5) is 5.82 Å². The molecule has 2 heterocycles. The molecule has 0 atom stereocenters. The van der Waals surface area contributed by atoms with Gasteiger partial charge in [0.15, 0.2) is 5.82 Å². The third kappa shape index (κ3) is 3.31. The lowest BCUT2D eigenvalue weighted by molar-refractivity contribution is 0.242. The van der Waals surface area contributed by atoms with Crippen LogP contribution in [0.3, 0.4) is 0 Å². The first-order chi connectivity index (χ1) is 11.0. The first kappa shape index (κ1) is 15.0. The topological polar surface area (TPSA) is 78.9 Å². The van der Waals surface area contributed by atoms with Gasteiger partial charge in [0.2, 0.25) is 0 Å². The highest BCUT2D eigenvalue weighted by Crippen LogP contribution is 2.22. The molecule has 0 unspecified atom stereocenters. The van der Waals surface area contributed by atoms with Gasteiger partial charge in [0, 0.05) is 11.6 Å². The Labute approximate surface area is 134 Å². The van der Waals surface area contributed by atoms with E-state index in [1.54, 1.807) is 10.7 Å². The molecule has 6 heteroatoms. The van der Waals surface area contributed by atoms with E-state index in [9.17, 15) is 0 Å². The van der Waals surface area contributed by atoms with Crippen LogP contribution in [0.2, 0.25) is 0 Å². The van der Waals surface area contributed by atoms with Gasteiger partial charge in [0.1, 0.15) is 11.6 Å². The van der Waals surface area contributed by atoms with E-state index in [1.807, 2.05) is 57.2 Å². The zero-order chi connectivity index (χ0) is 16.4. The van der Waals surface area contributed by atoms with Crippen LogP contribution in [0.15, 0.2) is 42.5 Å². The quantitative estimate of drug-likeness (QED) is 0.801. The molecular formula is C17H19N5O. The summed E-state index contributed by atoms with van der Waals surface area (Å²) >= 11 is 0. The maximum absolute atomic E-state index is 5.90. The molecule has 23 heavy (non-hydrogen) atoms. The standard InChI is InChI=1S/C17H19N5O/c1-11(2)23-14-6-4-13(5-7-14)15-8-9-17(20-19-15)22-16(18)10-12(3)21-22/h4-11H,18H2,1-3H3. The highest BCUT2D eigenvalue weighted by atomic mass is 16.5. The number of nitrogens with zero attached hydrogens (tertiary/aromatic N) is 4. The maximum Gasteiger partial charge on any atom is 0.178 e. The highest BCUT2D eigenvalue weighted by molar-refractivity contribution is 5.60. The number of aryl methyl sites for hydroxylation is 1. The predicted molar refractivity (Wildman–Crippen MR) is 89.5 cm³/mol. The summed E-state index contributed by atoms with van der Waals surface area (Å²) in [6.07, 6.45) is 0.155. The Morgan fingerprint density at radius 2 is 1.78 bits per heavy atom. The van der Waals surface area contributed by atoms with E-state index < -0.39 is 0 Å². The second-order valence-corrected chi connectivity index (χ2v) is 5.59. The summed E-state index contributed by atoms with van der Waals surface area (Å²) in [4.78, 5) is 0. The number of hydrogen-bond acceptors (Lipinski definition) is 5. The van der Waals surface area contributed by atoms with Gasteiger partial charge in [-0.05, 0) is 57.2 Å². The first-order valence-corrected chi connectivity index (χ1v) is 7.46. The van der Waals surface area contributed by atoms with Crippen LogP contribution in [0.1, 0.15) is 19.5 Å². The molecule has 0 aliphatic heterocycles. The fourth-order valence-corrected chi connectivity index (χ4v) is 2.27. The summed E-state index contributed by atoms with van der Waals surface area (Å²) in [6, 6.07) is 13.3. The van der Waals surface area contributed by atoms with Crippen molar-refractivity contribution < 1.29 is 4.74 Å². The van der Waals surface area contributed by atoms with Crippen LogP contribution in [-0.4, -0.2) is 26.1 Å². The molecule has 3 rings (SSSR count). The largest absolute Gasteiger partial charge is 0.491 e. The Balaban J connectivity index is 1.83. The lowest BCUT2D eigenvalue weighted by atomic mass is 10.1. The van der Waals surface area contributed by atoms with Gasteiger partial charge in [-0.2, -0.15) is 9.78 Å². The molecule has 0 saturated heterocycles. The van der Waals surface area contributed by atoms with Crippen molar-refractivity contribution in [1.82, 2.24) is 20.0 Å². The minimum atomic E-state index is 0.155. The van der Waals surface area contributed by atoms with Gasteiger partial charge >= 0.3 is 0 Å². The molecule has 0 fully saturated rings. The highest BCUT2D eigenvalue weighted by Gasteiger charge is 2.07. The zero-order valence-electron chi connectivity index (χ0n) is 13.4. The van der Waals surface area contributed by atoms with Gasteiger partial charge in [-0.25, -0.2) is 0 Å². The minimum absolute atomic E-state index is 0.155. The summed E-state index contributed by atoms with van der Waals surface area (Å²) in [6.45, 7) is 5.89. The van der Waals surface area contributed by atoms with Crippen molar-refractivity contribution in [2.45, 2.75) is 26.9 Å². The molecule has 118 valence electrons. The van der Waals surface area contributed by atoms with Crippen molar-refractivity contribution >= 4 is 5.82 Å². The van der Waals surface area contributed by atoms with Crippen molar-refractivity contribution in [3.63, 3.8) is 0 Å². The number of ether oxygens (including phenoxy) is 1. The van der Waals surface area contributed by atoms with E-state index in [-0.39, 0.29) is 6.10 Å². The molecular weight excluding hydrogens is 290 g/mol. The van der Waals surface area contributed by atoms with Crippen LogP contribution in [0.5, 0.6) is 5.75 Å². The van der Waals surface area contributed by atoms with E-state index in [1.165, 1.54) is 0 Å². The summed E-state index contributed by atoms with van der Waals surface area (Å²) in [7, 11) is 0. The fourth-order valence-electron chi connectivity index (χ4n) is 2.27. The summed E-state index contributed by atoms with van der Waals surface area (Å²) in [5.74, 6) is 1.98. The van der Waals surface area contributed by atoms with Gasteiger partial charge in [-0.1, -0.05) is 0 Å². The van der Waals surface area contributed by atoms with Gasteiger partial charge in [0.05, 0.1) is 17.5 Å². The van der Waals surface area contributed by atoms with Crippen molar-refractivity contribution in [3.8, 4) is 22.8 Å². The molecule has 6 nitrogen and oxygen atoms in total. The second kappa shape index (κ2) is 6.08. The monoisotopic (exact) mass is 309 g/mol. The van der Waals surface area contributed by atoms with Crippen LogP contribution in [0.25, 0.3) is 17.1 Å². The lowest BCUT2D eigenvalue weighted by Gasteiger charge is -2.10. The molecule has 0 spiro atoms. The number of benzene rings is 1. The van der Waals surface area contributed by atoms with Gasteiger partial charge < -0.3 is 10.5 Å². The van der Waals surface area contributed by atoms with Crippen LogP contribution < -0.4 is 10.5 Å². The Bertz CT molecular complexity index is 791. The zero-order valence-corrected chi connectivity index (χ0v) is 13.4. The van der Waals surface area contributed by atoms with Gasteiger partial charge in [0.25, 0.3) is 0 Å². The van der Waals surface area contributed by atoms with E-state index in [0.717, 1.165) is 22.7 Å². The summed E-state index contributed by atoms with van der Waals surface area (Å²) in [5.41, 5.74) is 8.50. The van der Waals surface area contributed by atoms with Crippen molar-refractivity contribution in [2.24, 2.45) is 0 Å². The SMILES string of the molecule is Cc1cc(N)n(-c2ccc(-c3ccc(OC(C)C)cc3)nn2)n1. The summed E-state index contributed by atoms with van der Waals surface area (Å²) < 4.78 is 7.21. The van der Waals surface area contributed by atoms with Crippen molar-refractivity contribution in [2.75, 3.05) is 5.73 Å². The second-order valence-electron chi connectivity index (χ2n) is 5.59. The Kier molecular flexibility index (Phi) is 3.97. The Hall–Kier alpha value is -2.89. The Morgan fingerprint density at radius 3 is 2.30 bits per heavy atom. The summed E-state index contributed by atoms with van der Waals surface area (Å²) in [5, 5.41) is 12.8. The number of nitrogen functional groups attached to an aromatic ring is 1. The number of rotatable bonds is 4. The molecule has 3 aromatic rings. The van der Waals surface area contributed by atoms with Crippen molar-refractivity contribution in [1.29, 1.82) is 0 Å². The number of hydrogen-bond donors (Lipinski definition) is 1. The molecule has 0 radical (unpaired) electrons. The maximum atomic E-state index is 5.90. The van der Waals surface area contributed by atoms with Crippen LogP contribution in [-0.2, 0) is 0 Å². The predicted octanol–water partition coefficient (Wildman–Crippen LogP) is 3.01. The number of anilines is 1. The third-order valence-electron chi connectivity index (χ3n) is 3.25. The fraction of sp³-hybridized carbons (Fsp3) is 0.235. The molecule has 0 bridgehead atoms. The van der Waals surface area contributed by atoms with E-state index in [2.05, 4.69) is 15.3 Å². The number of aromatic nitrogens is 4. The normalized spacial score (nSPS) is 11.0. The lowest BCUT2D eigenvalue weighted by Crippen LogP contribution is -2.06. The van der Waals surface area contributed by atoms with E-state index >= 15 is 0 Å². The van der Waals surface area contributed by atoms with E-state index in [4.69, 9.17) is 10.5 Å². The van der Waals surface area contributed by atoms with Crippen LogP contribution >= 0.6 is 0 Å². The molecule has 2 N–H and O–H groups in total. The molecule has 2 aromatic heterocycles. The molecule has 0 saturated carbocycles. The average Bonchev–Trinajstić information content (AvgIpc) is 2.86. The molecule has 0 amide bonds. The van der Waals surface area contributed by atoms with Crippen LogP contribution in [0, 0.1) is 6.92 Å². The van der Waals surface area contributed by atoms with Crippen molar-refractivity contribution in [3.05, 3.63) is 48.2 Å². The molecule has 1 aromatic carbocycles. The first-order valence-electron chi connectivity index (χ1n) is 7.46. The van der Waals surface area contributed by atoms with E-state index in [0.29, 0.717) is 11.6 Å². The third-order valence-corrected chi connectivity index (χ3v) is 3.25.